The van der Waals surface area contributed by atoms with Crippen molar-refractivity contribution in [2.45, 2.75) is 47.5 Å². The van der Waals surface area contributed by atoms with E-state index in [0.29, 0.717) is 0 Å². The van der Waals surface area contributed by atoms with Gasteiger partial charge in [0.1, 0.15) is 17.4 Å². The van der Waals surface area contributed by atoms with Crippen LogP contribution in [-0.2, 0) is 11.2 Å². The van der Waals surface area contributed by atoms with E-state index in [-0.39, 0.29) is 0 Å². The Kier molecular flexibility index (Phi) is 12.8. The normalized spacial score (nSPS) is 15.0. The molecular weight excluding hydrogens is 436 g/mol. The van der Waals surface area contributed by atoms with Gasteiger partial charge in [0, 0.05) is 43.4 Å². The lowest BCUT2D eigenvalue weighted by molar-refractivity contribution is 0.0382. The summed E-state index contributed by atoms with van der Waals surface area (Å²) < 4.78 is 10.9. The fourth-order valence-electron chi connectivity index (χ4n) is 3.48. The molecule has 35 heavy (non-hydrogen) atoms. The first-order valence-electron chi connectivity index (χ1n) is 12.7. The van der Waals surface area contributed by atoms with Gasteiger partial charge in [-0.05, 0) is 38.5 Å². The number of methoxy groups -OCH3 is 1. The number of aromatic nitrogens is 2. The molecule has 2 aromatic rings. The highest BCUT2D eigenvalue weighted by molar-refractivity contribution is 5.65. The molecule has 0 unspecified atom stereocenters. The summed E-state index contributed by atoms with van der Waals surface area (Å²) in [6.45, 7) is 14.7. The van der Waals surface area contributed by atoms with Crippen LogP contribution in [0.2, 0.25) is 0 Å². The molecule has 1 aromatic heterocycles. The van der Waals surface area contributed by atoms with Crippen LogP contribution in [0.5, 0.6) is 5.75 Å². The first kappa shape index (κ1) is 28.3. The van der Waals surface area contributed by atoms with Gasteiger partial charge in [-0.15, -0.1) is 0 Å². The molecule has 0 spiro atoms. The second-order valence-corrected chi connectivity index (χ2v) is 8.09. The van der Waals surface area contributed by atoms with Gasteiger partial charge in [0.05, 0.1) is 26.0 Å². The largest absolute Gasteiger partial charge is 0.497 e. The first-order valence-corrected chi connectivity index (χ1v) is 12.7. The lowest BCUT2D eigenvalue weighted by Crippen LogP contribution is -2.37. The molecule has 0 atom stereocenters. The summed E-state index contributed by atoms with van der Waals surface area (Å²) >= 11 is 0. The van der Waals surface area contributed by atoms with E-state index in [1.54, 1.807) is 7.11 Å². The lowest BCUT2D eigenvalue weighted by atomic mass is 10.1. The number of hydrogen-bond acceptors (Lipinski definition) is 6. The SMILES string of the molecule is CC.C\C=C(/C=C\C=C(/C)CC)Nc1cc(-c2cccc(OC)c2)nc(CCN2CCOCC2)n1. The van der Waals surface area contributed by atoms with Crippen LogP contribution < -0.4 is 10.1 Å². The minimum atomic E-state index is 0.784. The summed E-state index contributed by atoms with van der Waals surface area (Å²) in [5, 5.41) is 3.47. The topological polar surface area (TPSA) is 59.5 Å². The van der Waals surface area contributed by atoms with Crippen LogP contribution in [0.1, 0.15) is 46.9 Å². The van der Waals surface area contributed by atoms with Gasteiger partial charge in [-0.1, -0.05) is 56.7 Å². The molecule has 0 bridgehead atoms. The van der Waals surface area contributed by atoms with Crippen LogP contribution in [0.25, 0.3) is 11.3 Å². The smallest absolute Gasteiger partial charge is 0.134 e. The van der Waals surface area contributed by atoms with Crippen molar-refractivity contribution in [1.82, 2.24) is 14.9 Å². The molecule has 1 N–H and O–H groups in total. The van der Waals surface area contributed by atoms with E-state index >= 15 is 0 Å². The highest BCUT2D eigenvalue weighted by Crippen LogP contribution is 2.25. The zero-order chi connectivity index (χ0) is 25.5. The van der Waals surface area contributed by atoms with Gasteiger partial charge < -0.3 is 14.8 Å². The molecule has 1 fully saturated rings. The van der Waals surface area contributed by atoms with Crippen LogP contribution in [0.3, 0.4) is 0 Å². The Hall–Kier alpha value is -2.96. The molecular formula is C29H42N4O2. The summed E-state index contributed by atoms with van der Waals surface area (Å²) in [6.07, 6.45) is 10.2. The molecule has 2 heterocycles. The average Bonchev–Trinajstić information content (AvgIpc) is 2.92. The molecule has 3 rings (SSSR count). The van der Waals surface area contributed by atoms with E-state index in [1.165, 1.54) is 5.57 Å². The van der Waals surface area contributed by atoms with Gasteiger partial charge in [-0.3, -0.25) is 4.90 Å². The molecule has 1 aliphatic rings. The number of nitrogens with one attached hydrogen (secondary N) is 1. The molecule has 0 amide bonds. The molecule has 6 heteroatoms. The van der Waals surface area contributed by atoms with E-state index in [2.05, 4.69) is 48.4 Å². The highest BCUT2D eigenvalue weighted by atomic mass is 16.5. The molecule has 0 radical (unpaired) electrons. The van der Waals surface area contributed by atoms with Crippen molar-refractivity contribution >= 4 is 5.82 Å². The summed E-state index contributed by atoms with van der Waals surface area (Å²) in [4.78, 5) is 12.1. The van der Waals surface area contributed by atoms with E-state index in [1.807, 2.05) is 51.1 Å². The van der Waals surface area contributed by atoms with E-state index in [9.17, 15) is 0 Å². The Balaban J connectivity index is 0.00000210. The predicted octanol–water partition coefficient (Wildman–Crippen LogP) is 6.28. The Morgan fingerprint density at radius 2 is 1.94 bits per heavy atom. The molecule has 190 valence electrons. The van der Waals surface area contributed by atoms with Crippen molar-refractivity contribution in [3.63, 3.8) is 0 Å². The number of rotatable bonds is 10. The van der Waals surface area contributed by atoms with Gasteiger partial charge in [0.2, 0.25) is 0 Å². The van der Waals surface area contributed by atoms with Crippen molar-refractivity contribution in [2.24, 2.45) is 0 Å². The van der Waals surface area contributed by atoms with E-state index in [4.69, 9.17) is 19.4 Å². The maximum absolute atomic E-state index is 5.47. The number of benzene rings is 1. The van der Waals surface area contributed by atoms with Crippen molar-refractivity contribution in [3.05, 3.63) is 71.7 Å². The second-order valence-electron chi connectivity index (χ2n) is 8.09. The molecule has 1 saturated heterocycles. The third-order valence-corrected chi connectivity index (χ3v) is 5.69. The Labute approximate surface area is 211 Å². The van der Waals surface area contributed by atoms with Gasteiger partial charge in [-0.25, -0.2) is 9.97 Å². The number of anilines is 1. The number of nitrogens with zero attached hydrogens (tertiary/aromatic N) is 3. The number of morpholine rings is 1. The maximum Gasteiger partial charge on any atom is 0.134 e. The maximum atomic E-state index is 5.47. The minimum Gasteiger partial charge on any atom is -0.497 e. The predicted molar refractivity (Wildman–Crippen MR) is 147 cm³/mol. The van der Waals surface area contributed by atoms with Gasteiger partial charge in [0.15, 0.2) is 0 Å². The summed E-state index contributed by atoms with van der Waals surface area (Å²) in [7, 11) is 1.68. The first-order chi connectivity index (χ1) is 17.1. The minimum absolute atomic E-state index is 0.784. The third-order valence-electron chi connectivity index (χ3n) is 5.69. The summed E-state index contributed by atoms with van der Waals surface area (Å²) in [5.74, 6) is 2.42. The second kappa shape index (κ2) is 15.8. The van der Waals surface area contributed by atoms with Crippen molar-refractivity contribution in [2.75, 3.05) is 45.3 Å². The Morgan fingerprint density at radius 3 is 2.63 bits per heavy atom. The van der Waals surface area contributed by atoms with Crippen LogP contribution in [0.4, 0.5) is 5.82 Å². The molecule has 1 aliphatic heterocycles. The zero-order valence-electron chi connectivity index (χ0n) is 22.3. The summed E-state index contributed by atoms with van der Waals surface area (Å²) in [5.41, 5.74) is 4.22. The van der Waals surface area contributed by atoms with Crippen LogP contribution >= 0.6 is 0 Å². The van der Waals surface area contributed by atoms with Crippen molar-refractivity contribution in [3.8, 4) is 17.0 Å². The van der Waals surface area contributed by atoms with Gasteiger partial charge in [0.25, 0.3) is 0 Å². The van der Waals surface area contributed by atoms with Crippen LogP contribution in [0.15, 0.2) is 65.9 Å². The van der Waals surface area contributed by atoms with Gasteiger partial charge in [-0.2, -0.15) is 0 Å². The average molecular weight is 479 g/mol. The fraction of sp³-hybridized carbons (Fsp3) is 0.448. The zero-order valence-corrected chi connectivity index (χ0v) is 22.3. The van der Waals surface area contributed by atoms with Crippen molar-refractivity contribution < 1.29 is 9.47 Å². The Morgan fingerprint density at radius 1 is 1.17 bits per heavy atom. The monoisotopic (exact) mass is 478 g/mol. The highest BCUT2D eigenvalue weighted by Gasteiger charge is 2.13. The fourth-order valence-corrected chi connectivity index (χ4v) is 3.48. The number of allylic oxidation sites excluding steroid dienone is 5. The van der Waals surface area contributed by atoms with E-state index in [0.717, 1.165) is 80.0 Å². The number of hydrogen-bond donors (Lipinski definition) is 1. The molecule has 1 aromatic carbocycles. The summed E-state index contributed by atoms with van der Waals surface area (Å²) in [6, 6.07) is 9.98. The van der Waals surface area contributed by atoms with Crippen LogP contribution in [-0.4, -0.2) is 54.8 Å². The quantitative estimate of drug-likeness (QED) is 0.406. The Bertz CT molecular complexity index is 992. The lowest BCUT2D eigenvalue weighted by Gasteiger charge is -2.26. The van der Waals surface area contributed by atoms with Crippen molar-refractivity contribution in [1.29, 1.82) is 0 Å². The standard InChI is InChI=1S/C27H36N4O2.C2H6/c1-5-21(3)9-7-11-23(6-2)28-27-20-25(22-10-8-12-24(19-22)32-4)29-26(30-27)13-14-31-15-17-33-18-16-31;1-2/h6-12,19-20H,5,13-18H2,1-4H3,(H,28,29,30);1-2H3/b11-7-,21-9+,23-6+;. The third kappa shape index (κ3) is 9.67. The molecule has 0 aliphatic carbocycles. The van der Waals surface area contributed by atoms with E-state index < -0.39 is 0 Å². The molecule has 0 saturated carbocycles. The number of ether oxygens (including phenoxy) is 2. The van der Waals surface area contributed by atoms with Crippen LogP contribution in [0, 0.1) is 0 Å². The molecule has 6 nitrogen and oxygen atoms in total. The van der Waals surface area contributed by atoms with Gasteiger partial charge >= 0.3 is 0 Å².